The highest BCUT2D eigenvalue weighted by molar-refractivity contribution is 7.98. The van der Waals surface area contributed by atoms with Crippen LogP contribution in [0.1, 0.15) is 36.9 Å². The molecule has 3 rings (SSSR count). The van der Waals surface area contributed by atoms with E-state index in [0.717, 1.165) is 0 Å². The van der Waals surface area contributed by atoms with Crippen molar-refractivity contribution in [2.24, 2.45) is 11.5 Å². The van der Waals surface area contributed by atoms with Crippen LogP contribution in [0.5, 0.6) is 5.75 Å². The summed E-state index contributed by atoms with van der Waals surface area (Å²) in [6.07, 6.45) is 5.12. The molecule has 1 saturated heterocycles. The number of phenolic OH excluding ortho intramolecular Hbond substituents is 1. The number of nitrogens with zero attached hydrogens (tertiary/aromatic N) is 2. The number of rotatable bonds is 17. The Kier molecular flexibility index (Phi) is 13.4. The van der Waals surface area contributed by atoms with Crippen molar-refractivity contribution >= 4 is 47.3 Å². The molecule has 0 radical (unpaired) electrons. The number of carboxylic acid groups (broad SMARTS) is 1. The van der Waals surface area contributed by atoms with Crippen LogP contribution in [-0.2, 0) is 41.6 Å². The van der Waals surface area contributed by atoms with Crippen LogP contribution in [0.4, 0.5) is 0 Å². The summed E-state index contributed by atoms with van der Waals surface area (Å²) in [7, 11) is 0. The first-order chi connectivity index (χ1) is 21.9. The maximum absolute atomic E-state index is 13.9. The Labute approximate surface area is 269 Å². The van der Waals surface area contributed by atoms with Crippen molar-refractivity contribution in [3.05, 3.63) is 48.0 Å². The van der Waals surface area contributed by atoms with E-state index in [1.807, 2.05) is 6.26 Å². The van der Waals surface area contributed by atoms with Crippen molar-refractivity contribution in [3.63, 3.8) is 0 Å². The number of aliphatic carboxylic acids is 1. The zero-order valence-electron chi connectivity index (χ0n) is 25.3. The lowest BCUT2D eigenvalue weighted by atomic mass is 10.0. The van der Waals surface area contributed by atoms with Gasteiger partial charge in [-0.3, -0.25) is 24.0 Å². The molecule has 5 atom stereocenters. The van der Waals surface area contributed by atoms with Crippen LogP contribution in [0.25, 0.3) is 0 Å². The lowest BCUT2D eigenvalue weighted by Gasteiger charge is -2.30. The number of primary amides is 1. The molecule has 10 N–H and O–H groups in total. The van der Waals surface area contributed by atoms with Crippen LogP contribution >= 0.6 is 11.8 Å². The first-order valence-corrected chi connectivity index (χ1v) is 16.0. The number of nitrogens with one attached hydrogen (secondary N) is 4. The number of carbonyl (C=O) groups excluding carboxylic acids is 5. The second-order valence-corrected chi connectivity index (χ2v) is 11.9. The maximum Gasteiger partial charge on any atom is 0.326 e. The molecular weight excluding hydrogens is 620 g/mol. The Bertz CT molecular complexity index is 1370. The number of phenols is 1. The Hall–Kier alpha value is -4.64. The molecule has 16 nitrogen and oxygen atoms in total. The Balaban J connectivity index is 1.77. The largest absolute Gasteiger partial charge is 0.508 e. The number of imidazole rings is 1. The minimum Gasteiger partial charge on any atom is -0.508 e. The Morgan fingerprint density at radius 2 is 1.74 bits per heavy atom. The first kappa shape index (κ1) is 35.8. The number of likely N-dealkylation sites (tertiary alicyclic amines) is 1. The van der Waals surface area contributed by atoms with Crippen molar-refractivity contribution in [1.82, 2.24) is 30.8 Å². The van der Waals surface area contributed by atoms with E-state index < -0.39 is 72.1 Å². The van der Waals surface area contributed by atoms with Crippen molar-refractivity contribution in [1.29, 1.82) is 0 Å². The summed E-state index contributed by atoms with van der Waals surface area (Å²) in [5, 5.41) is 27.1. The second kappa shape index (κ2) is 17.2. The lowest BCUT2D eigenvalue weighted by Crippen LogP contribution is -2.58. The summed E-state index contributed by atoms with van der Waals surface area (Å²) in [6, 6.07) is 0.173. The number of aromatic amines is 1. The van der Waals surface area contributed by atoms with Gasteiger partial charge in [-0.15, -0.1) is 0 Å². The quantitative estimate of drug-likeness (QED) is 0.0956. The molecule has 1 aliphatic rings. The normalized spacial score (nSPS) is 16.9. The smallest absolute Gasteiger partial charge is 0.326 e. The van der Waals surface area contributed by atoms with Gasteiger partial charge in [-0.25, -0.2) is 9.78 Å². The highest BCUT2D eigenvalue weighted by Gasteiger charge is 2.39. The average Bonchev–Trinajstić information content (AvgIpc) is 3.71. The Morgan fingerprint density at radius 3 is 2.35 bits per heavy atom. The maximum atomic E-state index is 13.9. The fraction of sp³-hybridized carbons (Fsp3) is 0.483. The molecule has 0 unspecified atom stereocenters. The number of nitrogens with two attached hydrogens (primary N) is 2. The van der Waals surface area contributed by atoms with E-state index >= 15 is 0 Å². The highest BCUT2D eigenvalue weighted by Crippen LogP contribution is 2.21. The van der Waals surface area contributed by atoms with Crippen molar-refractivity contribution in [3.8, 4) is 5.75 Å². The van der Waals surface area contributed by atoms with Gasteiger partial charge in [0.25, 0.3) is 0 Å². The van der Waals surface area contributed by atoms with E-state index in [1.54, 1.807) is 12.1 Å². The average molecular weight is 661 g/mol. The molecule has 250 valence electrons. The third kappa shape index (κ3) is 10.5. The van der Waals surface area contributed by atoms with Crippen molar-refractivity contribution in [2.45, 2.75) is 68.7 Å². The number of aromatic hydroxyl groups is 1. The minimum absolute atomic E-state index is 0.00599. The van der Waals surface area contributed by atoms with Gasteiger partial charge < -0.3 is 47.5 Å². The number of thioether (sulfide) groups is 1. The summed E-state index contributed by atoms with van der Waals surface area (Å²) in [5.41, 5.74) is 12.1. The molecule has 17 heteroatoms. The van der Waals surface area contributed by atoms with Crippen LogP contribution in [-0.4, -0.2) is 109 Å². The topological polar surface area (TPSA) is 263 Å². The van der Waals surface area contributed by atoms with Gasteiger partial charge >= 0.3 is 5.97 Å². The van der Waals surface area contributed by atoms with E-state index in [0.29, 0.717) is 23.4 Å². The van der Waals surface area contributed by atoms with Gasteiger partial charge in [-0.05, 0) is 49.0 Å². The van der Waals surface area contributed by atoms with Crippen molar-refractivity contribution in [2.75, 3.05) is 18.6 Å². The lowest BCUT2D eigenvalue weighted by molar-refractivity contribution is -0.143. The molecule has 1 aromatic carbocycles. The number of carbonyl (C=O) groups is 6. The first-order valence-electron chi connectivity index (χ1n) is 14.6. The molecular formula is C29H40N8O8S. The predicted molar refractivity (Wildman–Crippen MR) is 167 cm³/mol. The van der Waals surface area contributed by atoms with Gasteiger partial charge in [0.05, 0.1) is 18.8 Å². The molecule has 0 bridgehead atoms. The van der Waals surface area contributed by atoms with Gasteiger partial charge in [0.1, 0.15) is 29.9 Å². The van der Waals surface area contributed by atoms with Gasteiger partial charge in [0.2, 0.25) is 29.5 Å². The fourth-order valence-corrected chi connectivity index (χ4v) is 5.49. The Morgan fingerprint density at radius 1 is 1.04 bits per heavy atom. The van der Waals surface area contributed by atoms with Crippen LogP contribution in [0.3, 0.4) is 0 Å². The standard InChI is InChI=1S/C29H40N8O8S/c1-46-10-8-20(26(41)36-22(29(44)45)12-17-14-32-15-33-17)34-27(42)23-3-2-9-37(23)28(43)21(11-16-4-6-18(38)7-5-16)35-25(40)19(30)13-24(31)39/h4-7,14-15,19-23,38H,2-3,8-13,30H2,1H3,(H2,31,39)(H,32,33)(H,34,42)(H,35,40)(H,36,41)(H,44,45)/t19-,20-,21-,22-,23-/m0/s1. The van der Waals surface area contributed by atoms with Gasteiger partial charge in [-0.1, -0.05) is 12.1 Å². The number of carboxylic acids is 1. The number of aromatic nitrogens is 2. The molecule has 1 fully saturated rings. The molecule has 46 heavy (non-hydrogen) atoms. The molecule has 2 heterocycles. The fourth-order valence-electron chi connectivity index (χ4n) is 5.02. The van der Waals surface area contributed by atoms with Crippen LogP contribution < -0.4 is 27.4 Å². The molecule has 1 aliphatic heterocycles. The number of H-pyrrole nitrogens is 1. The number of amides is 5. The zero-order valence-corrected chi connectivity index (χ0v) is 26.1. The van der Waals surface area contributed by atoms with Gasteiger partial charge in [0.15, 0.2) is 0 Å². The summed E-state index contributed by atoms with van der Waals surface area (Å²) < 4.78 is 0. The summed E-state index contributed by atoms with van der Waals surface area (Å²) in [5.74, 6) is -4.23. The van der Waals surface area contributed by atoms with E-state index in [4.69, 9.17) is 11.5 Å². The van der Waals surface area contributed by atoms with E-state index in [1.165, 1.54) is 41.3 Å². The second-order valence-electron chi connectivity index (χ2n) is 10.9. The zero-order chi connectivity index (χ0) is 33.8. The summed E-state index contributed by atoms with van der Waals surface area (Å²) in [6.45, 7) is 0.194. The third-order valence-electron chi connectivity index (χ3n) is 7.42. The number of benzene rings is 1. The number of hydrogen-bond donors (Lipinski definition) is 8. The van der Waals surface area contributed by atoms with E-state index in [2.05, 4.69) is 25.9 Å². The van der Waals surface area contributed by atoms with Crippen molar-refractivity contribution < 1.29 is 39.0 Å². The van der Waals surface area contributed by atoms with Gasteiger partial charge in [0, 0.05) is 31.3 Å². The highest BCUT2D eigenvalue weighted by atomic mass is 32.2. The molecule has 0 spiro atoms. The monoisotopic (exact) mass is 660 g/mol. The molecule has 0 aliphatic carbocycles. The molecule has 2 aromatic rings. The van der Waals surface area contributed by atoms with Gasteiger partial charge in [-0.2, -0.15) is 11.8 Å². The molecule has 1 aromatic heterocycles. The molecule has 5 amide bonds. The summed E-state index contributed by atoms with van der Waals surface area (Å²) >= 11 is 1.44. The van der Waals surface area contributed by atoms with E-state index in [9.17, 15) is 39.0 Å². The van der Waals surface area contributed by atoms with Crippen LogP contribution in [0.15, 0.2) is 36.8 Å². The minimum atomic E-state index is -1.30. The predicted octanol–water partition coefficient (Wildman–Crippen LogP) is -1.61. The summed E-state index contributed by atoms with van der Waals surface area (Å²) in [4.78, 5) is 84.6. The van der Waals surface area contributed by atoms with E-state index in [-0.39, 0.29) is 38.0 Å². The van der Waals surface area contributed by atoms with Crippen LogP contribution in [0.2, 0.25) is 0 Å². The third-order valence-corrected chi connectivity index (χ3v) is 8.07. The molecule has 0 saturated carbocycles. The SMILES string of the molecule is CSCC[C@H](NC(=O)[C@@H]1CCCN1C(=O)[C@H](Cc1ccc(O)cc1)NC(=O)[C@@H](N)CC(N)=O)C(=O)N[C@@H](Cc1cnc[nH]1)C(=O)O. The van der Waals surface area contributed by atoms with Crippen LogP contribution in [0, 0.1) is 0 Å². The number of hydrogen-bond acceptors (Lipinski definition) is 10.